The van der Waals surface area contributed by atoms with Crippen molar-refractivity contribution in [3.63, 3.8) is 0 Å². The number of amides is 2. The number of nitriles is 1. The van der Waals surface area contributed by atoms with E-state index in [2.05, 4.69) is 5.32 Å². The summed E-state index contributed by atoms with van der Waals surface area (Å²) in [4.78, 5) is 28.1. The number of hydrogen-bond acceptors (Lipinski definition) is 5. The molecule has 2 amide bonds. The first kappa shape index (κ1) is 24.4. The van der Waals surface area contributed by atoms with Crippen molar-refractivity contribution in [2.24, 2.45) is 0 Å². The Balaban J connectivity index is 1.62. The fraction of sp³-hybridized carbons (Fsp3) is 0.222. The summed E-state index contributed by atoms with van der Waals surface area (Å²) >= 11 is 6.11. The summed E-state index contributed by atoms with van der Waals surface area (Å²) in [7, 11) is 0. The predicted molar refractivity (Wildman–Crippen MR) is 132 cm³/mol. The van der Waals surface area contributed by atoms with Gasteiger partial charge in [-0.3, -0.25) is 9.59 Å². The van der Waals surface area contributed by atoms with E-state index in [1.54, 1.807) is 65.6 Å². The van der Waals surface area contributed by atoms with Crippen LogP contribution in [-0.2, 0) is 21.6 Å². The number of anilines is 1. The lowest BCUT2D eigenvalue weighted by Crippen LogP contribution is -2.42. The average Bonchev–Trinajstić information content (AvgIpc) is 2.89. The number of ether oxygens (including phenoxy) is 1. The van der Waals surface area contributed by atoms with Gasteiger partial charge in [-0.1, -0.05) is 54.1 Å². The lowest BCUT2D eigenvalue weighted by molar-refractivity contribution is -0.135. The third-order valence-corrected chi connectivity index (χ3v) is 6.22. The molecule has 0 radical (unpaired) electrons. The van der Waals surface area contributed by atoms with Crippen LogP contribution in [0.1, 0.15) is 27.0 Å². The molecule has 1 fully saturated rings. The van der Waals surface area contributed by atoms with Crippen LogP contribution in [-0.4, -0.2) is 48.1 Å². The fourth-order valence-corrected chi connectivity index (χ4v) is 4.23. The molecule has 4 rings (SSSR count). The van der Waals surface area contributed by atoms with Gasteiger partial charge in [-0.25, -0.2) is 0 Å². The smallest absolute Gasteiger partial charge is 0.261 e. The minimum Gasteiger partial charge on any atom is -0.378 e. The Hall–Kier alpha value is -3.70. The molecule has 1 heterocycles. The molecule has 0 spiro atoms. The topological polar surface area (TPSA) is 103 Å². The molecule has 1 atom stereocenters. The Morgan fingerprint density at radius 1 is 1.06 bits per heavy atom. The first-order valence-corrected chi connectivity index (χ1v) is 11.5. The van der Waals surface area contributed by atoms with Crippen LogP contribution in [0, 0.1) is 11.3 Å². The molecule has 178 valence electrons. The Kier molecular flexibility index (Phi) is 7.47. The Morgan fingerprint density at radius 3 is 2.49 bits per heavy atom. The minimum atomic E-state index is -1.93. The van der Waals surface area contributed by atoms with Crippen LogP contribution in [0.3, 0.4) is 0 Å². The van der Waals surface area contributed by atoms with Crippen LogP contribution in [0.5, 0.6) is 0 Å². The Morgan fingerprint density at radius 2 is 1.80 bits per heavy atom. The number of halogens is 1. The van der Waals surface area contributed by atoms with Crippen molar-refractivity contribution in [1.29, 1.82) is 5.26 Å². The summed E-state index contributed by atoms with van der Waals surface area (Å²) in [5, 5.41) is 23.7. The molecule has 8 heteroatoms. The zero-order valence-corrected chi connectivity index (χ0v) is 19.7. The van der Waals surface area contributed by atoms with Gasteiger partial charge in [-0.05, 0) is 41.5 Å². The van der Waals surface area contributed by atoms with Crippen molar-refractivity contribution >= 4 is 29.1 Å². The molecule has 0 saturated carbocycles. The highest BCUT2D eigenvalue weighted by Crippen LogP contribution is 2.29. The van der Waals surface area contributed by atoms with Gasteiger partial charge < -0.3 is 20.1 Å². The number of benzene rings is 3. The average molecular weight is 490 g/mol. The molecular formula is C27H24ClN3O4. The van der Waals surface area contributed by atoms with Gasteiger partial charge in [0.1, 0.15) is 6.07 Å². The summed E-state index contributed by atoms with van der Waals surface area (Å²) in [6, 6.07) is 22.1. The summed E-state index contributed by atoms with van der Waals surface area (Å²) in [6.45, 7) is 2.04. The zero-order valence-electron chi connectivity index (χ0n) is 18.9. The minimum absolute atomic E-state index is 0.0584. The molecule has 7 nitrogen and oxygen atoms in total. The summed E-state index contributed by atoms with van der Waals surface area (Å²) in [5.74, 6) is -0.774. The maximum absolute atomic E-state index is 13.4. The molecular weight excluding hydrogens is 466 g/mol. The van der Waals surface area contributed by atoms with Crippen molar-refractivity contribution in [1.82, 2.24) is 4.90 Å². The van der Waals surface area contributed by atoms with Gasteiger partial charge in [0.05, 0.1) is 23.8 Å². The molecule has 0 aliphatic carbocycles. The van der Waals surface area contributed by atoms with Crippen molar-refractivity contribution in [3.8, 4) is 6.07 Å². The molecule has 2 N–H and O–H groups in total. The van der Waals surface area contributed by atoms with Crippen LogP contribution in [0.2, 0.25) is 5.02 Å². The number of nitrogens with one attached hydrogen (secondary N) is 1. The lowest BCUT2D eigenvalue weighted by Gasteiger charge is -2.29. The highest BCUT2D eigenvalue weighted by Gasteiger charge is 2.38. The van der Waals surface area contributed by atoms with Gasteiger partial charge in [0.15, 0.2) is 5.60 Å². The first-order valence-electron chi connectivity index (χ1n) is 11.2. The predicted octanol–water partition coefficient (Wildman–Crippen LogP) is 3.75. The van der Waals surface area contributed by atoms with Crippen molar-refractivity contribution in [2.75, 3.05) is 31.6 Å². The number of aliphatic hydroxyl groups is 1. The SMILES string of the molecule is N#Cc1ccc(NC(=O)C(O)(Cc2cccc(C(=O)N3CCOCC3)c2)c2ccccc2)cc1Cl. The zero-order chi connectivity index (χ0) is 24.8. The van der Waals surface area contributed by atoms with Crippen LogP contribution in [0.4, 0.5) is 5.69 Å². The van der Waals surface area contributed by atoms with Crippen molar-refractivity contribution < 1.29 is 19.4 Å². The lowest BCUT2D eigenvalue weighted by atomic mass is 9.85. The molecule has 35 heavy (non-hydrogen) atoms. The molecule has 0 aromatic heterocycles. The molecule has 3 aromatic carbocycles. The quantitative estimate of drug-likeness (QED) is 0.549. The van der Waals surface area contributed by atoms with E-state index < -0.39 is 11.5 Å². The number of nitrogens with zero attached hydrogens (tertiary/aromatic N) is 2. The van der Waals surface area contributed by atoms with E-state index in [9.17, 15) is 14.7 Å². The monoisotopic (exact) mass is 489 g/mol. The van der Waals surface area contributed by atoms with Gasteiger partial charge in [0.25, 0.3) is 11.8 Å². The molecule has 1 saturated heterocycles. The van der Waals surface area contributed by atoms with Crippen LogP contribution in [0.15, 0.2) is 72.8 Å². The van der Waals surface area contributed by atoms with Gasteiger partial charge in [-0.2, -0.15) is 5.26 Å². The number of hydrogen-bond donors (Lipinski definition) is 2. The van der Waals surface area contributed by atoms with Gasteiger partial charge >= 0.3 is 0 Å². The van der Waals surface area contributed by atoms with E-state index in [0.717, 1.165) is 0 Å². The van der Waals surface area contributed by atoms with Crippen LogP contribution >= 0.6 is 11.6 Å². The second-order valence-electron chi connectivity index (χ2n) is 8.27. The van der Waals surface area contributed by atoms with Gasteiger partial charge in [-0.15, -0.1) is 0 Å². The van der Waals surface area contributed by atoms with E-state index in [1.807, 2.05) is 6.07 Å². The third kappa shape index (κ3) is 5.52. The standard InChI is InChI=1S/C27H24ClN3O4/c28-24-16-23(10-9-21(24)18-29)30-26(33)27(34,22-7-2-1-3-8-22)17-19-5-4-6-20(15-19)25(32)31-11-13-35-14-12-31/h1-10,15-16,34H,11-14,17H2,(H,30,33). The fourth-order valence-electron chi connectivity index (χ4n) is 4.00. The van der Waals surface area contributed by atoms with E-state index in [0.29, 0.717) is 48.7 Å². The molecule has 1 aliphatic rings. The van der Waals surface area contributed by atoms with Crippen LogP contribution in [0.25, 0.3) is 0 Å². The number of carbonyl (C=O) groups excluding carboxylic acids is 2. The maximum atomic E-state index is 13.4. The molecule has 0 bridgehead atoms. The molecule has 1 unspecified atom stereocenters. The molecule has 1 aliphatic heterocycles. The Bertz CT molecular complexity index is 1270. The third-order valence-electron chi connectivity index (χ3n) is 5.91. The maximum Gasteiger partial charge on any atom is 0.261 e. The summed E-state index contributed by atoms with van der Waals surface area (Å²) in [6.07, 6.45) is -0.0584. The number of morpholine rings is 1. The largest absolute Gasteiger partial charge is 0.378 e. The van der Waals surface area contributed by atoms with E-state index >= 15 is 0 Å². The van der Waals surface area contributed by atoms with E-state index in [1.165, 1.54) is 12.1 Å². The highest BCUT2D eigenvalue weighted by atomic mass is 35.5. The number of carbonyl (C=O) groups is 2. The van der Waals surface area contributed by atoms with E-state index in [4.69, 9.17) is 21.6 Å². The second-order valence-corrected chi connectivity index (χ2v) is 8.68. The van der Waals surface area contributed by atoms with Gasteiger partial charge in [0.2, 0.25) is 0 Å². The summed E-state index contributed by atoms with van der Waals surface area (Å²) in [5.41, 5.74) is 0.224. The van der Waals surface area contributed by atoms with E-state index in [-0.39, 0.29) is 22.9 Å². The summed E-state index contributed by atoms with van der Waals surface area (Å²) < 4.78 is 5.32. The number of rotatable bonds is 6. The van der Waals surface area contributed by atoms with Crippen molar-refractivity contribution in [2.45, 2.75) is 12.0 Å². The normalized spacial score (nSPS) is 15.1. The Labute approximate surface area is 208 Å². The van der Waals surface area contributed by atoms with Crippen LogP contribution < -0.4 is 5.32 Å². The molecule has 3 aromatic rings. The van der Waals surface area contributed by atoms with Crippen molar-refractivity contribution in [3.05, 3.63) is 100 Å². The first-order chi connectivity index (χ1) is 16.9. The second kappa shape index (κ2) is 10.7. The van der Waals surface area contributed by atoms with Gasteiger partial charge in [0, 0.05) is 30.8 Å². The highest BCUT2D eigenvalue weighted by molar-refractivity contribution is 6.32.